The molecule has 0 aliphatic carbocycles. The fourth-order valence-electron chi connectivity index (χ4n) is 0.814. The lowest BCUT2D eigenvalue weighted by atomic mass is 10.3. The molecular formula is C8H10F3NO5. The average molecular weight is 257 g/mol. The number of carboxylic acids is 1. The highest BCUT2D eigenvalue weighted by atomic mass is 19.4. The Kier molecular flexibility index (Phi) is 6.00. The van der Waals surface area contributed by atoms with Crippen molar-refractivity contribution in [2.75, 3.05) is 13.2 Å². The highest BCUT2D eigenvalue weighted by molar-refractivity contribution is 5.80. The quantitative estimate of drug-likeness (QED) is 0.718. The number of carbonyl (C=O) groups excluding carboxylic acids is 2. The predicted octanol–water partition coefficient (Wildman–Crippen LogP) is 1.01. The first-order chi connectivity index (χ1) is 7.76. The van der Waals surface area contributed by atoms with Gasteiger partial charge >= 0.3 is 18.2 Å². The Morgan fingerprint density at radius 1 is 1.35 bits per heavy atom. The topological polar surface area (TPSA) is 83.9 Å². The normalized spacial score (nSPS) is 10.8. The Bertz CT molecular complexity index is 291. The number of amides is 2. The second kappa shape index (κ2) is 6.71. The van der Waals surface area contributed by atoms with Gasteiger partial charge in [-0.1, -0.05) is 0 Å². The Hall–Kier alpha value is -1.80. The maximum absolute atomic E-state index is 11.7. The summed E-state index contributed by atoms with van der Waals surface area (Å²) >= 11 is 0. The van der Waals surface area contributed by atoms with E-state index in [-0.39, 0.29) is 25.8 Å². The highest BCUT2D eigenvalue weighted by Gasteiger charge is 2.30. The zero-order valence-corrected chi connectivity index (χ0v) is 8.57. The van der Waals surface area contributed by atoms with Crippen LogP contribution in [0.1, 0.15) is 12.8 Å². The van der Waals surface area contributed by atoms with E-state index in [2.05, 4.69) is 4.74 Å². The third kappa shape index (κ3) is 8.05. The second-order valence-corrected chi connectivity index (χ2v) is 2.97. The van der Waals surface area contributed by atoms with Crippen molar-refractivity contribution in [3.63, 3.8) is 0 Å². The van der Waals surface area contributed by atoms with Crippen LogP contribution in [0, 0.1) is 0 Å². The van der Waals surface area contributed by atoms with Gasteiger partial charge in [0.25, 0.3) is 0 Å². The van der Waals surface area contributed by atoms with Gasteiger partial charge in [0, 0.05) is 13.0 Å². The summed E-state index contributed by atoms with van der Waals surface area (Å²) in [6.45, 7) is -2.11. The highest BCUT2D eigenvalue weighted by Crippen LogP contribution is 2.15. The summed E-state index contributed by atoms with van der Waals surface area (Å²) in [5.41, 5.74) is 0. The molecule has 0 radical (unpaired) electrons. The summed E-state index contributed by atoms with van der Waals surface area (Å²) in [6, 6.07) is 0. The van der Waals surface area contributed by atoms with Gasteiger partial charge in [-0.3, -0.25) is 14.5 Å². The van der Waals surface area contributed by atoms with Crippen molar-refractivity contribution in [2.45, 2.75) is 19.0 Å². The van der Waals surface area contributed by atoms with E-state index in [1.807, 2.05) is 0 Å². The molecule has 6 nitrogen and oxygen atoms in total. The third-order valence-electron chi connectivity index (χ3n) is 1.51. The van der Waals surface area contributed by atoms with Gasteiger partial charge in [-0.25, -0.2) is 4.79 Å². The minimum absolute atomic E-state index is 0.0133. The van der Waals surface area contributed by atoms with Crippen LogP contribution in [-0.4, -0.2) is 47.8 Å². The van der Waals surface area contributed by atoms with Crippen LogP contribution in [-0.2, 0) is 14.3 Å². The number of rotatable bonds is 6. The lowest BCUT2D eigenvalue weighted by molar-refractivity contribution is -0.163. The van der Waals surface area contributed by atoms with E-state index < -0.39 is 24.8 Å². The lowest BCUT2D eigenvalue weighted by Crippen LogP contribution is -2.34. The van der Waals surface area contributed by atoms with Gasteiger partial charge in [0.15, 0.2) is 6.61 Å². The van der Waals surface area contributed by atoms with Gasteiger partial charge in [0.05, 0.1) is 0 Å². The maximum atomic E-state index is 11.7. The third-order valence-corrected chi connectivity index (χ3v) is 1.51. The Morgan fingerprint density at radius 2 is 1.94 bits per heavy atom. The molecule has 0 heterocycles. The molecule has 0 atom stereocenters. The Labute approximate surface area is 93.9 Å². The molecule has 0 fully saturated rings. The van der Waals surface area contributed by atoms with E-state index in [4.69, 9.17) is 5.11 Å². The van der Waals surface area contributed by atoms with Crippen LogP contribution in [0.3, 0.4) is 0 Å². The van der Waals surface area contributed by atoms with Crippen molar-refractivity contribution in [3.05, 3.63) is 0 Å². The first-order valence-corrected chi connectivity index (χ1v) is 4.43. The fraction of sp³-hybridized carbons (Fsp3) is 0.625. The van der Waals surface area contributed by atoms with Crippen molar-refractivity contribution in [1.82, 2.24) is 4.90 Å². The van der Waals surface area contributed by atoms with E-state index >= 15 is 0 Å². The number of hydrogen-bond acceptors (Lipinski definition) is 4. The molecule has 0 aliphatic rings. The molecule has 17 heavy (non-hydrogen) atoms. The molecule has 0 aliphatic heterocycles. The number of hydrogen-bond donors (Lipinski definition) is 1. The molecule has 0 aromatic heterocycles. The summed E-state index contributed by atoms with van der Waals surface area (Å²) in [4.78, 5) is 31.7. The first-order valence-electron chi connectivity index (χ1n) is 4.43. The van der Waals surface area contributed by atoms with Gasteiger partial charge in [0.1, 0.15) is 0 Å². The largest absolute Gasteiger partial charge is 0.481 e. The second-order valence-electron chi connectivity index (χ2n) is 2.97. The van der Waals surface area contributed by atoms with Crippen LogP contribution in [0.4, 0.5) is 18.0 Å². The molecule has 0 bridgehead atoms. The van der Waals surface area contributed by atoms with Crippen LogP contribution in [0.2, 0.25) is 0 Å². The van der Waals surface area contributed by atoms with Crippen molar-refractivity contribution in [2.24, 2.45) is 0 Å². The van der Waals surface area contributed by atoms with E-state index in [0.717, 1.165) is 0 Å². The Morgan fingerprint density at radius 3 is 2.35 bits per heavy atom. The summed E-state index contributed by atoms with van der Waals surface area (Å²) < 4.78 is 38.8. The minimum Gasteiger partial charge on any atom is -0.481 e. The number of aliphatic carboxylic acids is 1. The summed E-state index contributed by atoms with van der Waals surface area (Å²) in [5.74, 6) is -1.14. The standard InChI is InChI=1S/C8H10F3NO5/c9-8(10,11)4-17-7(16)12(5-13)3-1-2-6(14)15/h5H,1-4H2,(H,14,15). The summed E-state index contributed by atoms with van der Waals surface area (Å²) in [7, 11) is 0. The number of imide groups is 1. The van der Waals surface area contributed by atoms with Crippen LogP contribution >= 0.6 is 0 Å². The van der Waals surface area contributed by atoms with Gasteiger partial charge in [-0.15, -0.1) is 0 Å². The van der Waals surface area contributed by atoms with Crippen molar-refractivity contribution >= 4 is 18.5 Å². The molecule has 0 rings (SSSR count). The molecule has 0 aromatic carbocycles. The molecule has 2 amide bonds. The zero-order chi connectivity index (χ0) is 13.5. The monoisotopic (exact) mass is 257 g/mol. The van der Waals surface area contributed by atoms with E-state index in [1.54, 1.807) is 0 Å². The fourth-order valence-corrected chi connectivity index (χ4v) is 0.814. The Balaban J connectivity index is 4.04. The first kappa shape index (κ1) is 15.2. The molecule has 0 saturated carbocycles. The van der Waals surface area contributed by atoms with E-state index in [0.29, 0.717) is 4.90 Å². The number of halogens is 3. The molecule has 0 spiro atoms. The minimum atomic E-state index is -4.68. The molecule has 0 aromatic rings. The molecule has 98 valence electrons. The van der Waals surface area contributed by atoms with E-state index in [9.17, 15) is 27.6 Å². The van der Waals surface area contributed by atoms with Crippen LogP contribution < -0.4 is 0 Å². The van der Waals surface area contributed by atoms with Crippen molar-refractivity contribution in [3.8, 4) is 0 Å². The van der Waals surface area contributed by atoms with Crippen LogP contribution in [0.5, 0.6) is 0 Å². The van der Waals surface area contributed by atoms with Crippen molar-refractivity contribution in [1.29, 1.82) is 0 Å². The van der Waals surface area contributed by atoms with Crippen molar-refractivity contribution < 1.29 is 37.4 Å². The smallest absolute Gasteiger partial charge is 0.422 e. The molecule has 0 unspecified atom stereocenters. The van der Waals surface area contributed by atoms with Gasteiger partial charge in [-0.05, 0) is 6.42 Å². The number of nitrogens with zero attached hydrogens (tertiary/aromatic N) is 1. The van der Waals surface area contributed by atoms with Crippen LogP contribution in [0.15, 0.2) is 0 Å². The number of carbonyl (C=O) groups is 3. The average Bonchev–Trinajstić information content (AvgIpc) is 2.19. The number of carboxylic acid groups (broad SMARTS) is 1. The number of alkyl halides is 3. The maximum Gasteiger partial charge on any atom is 0.422 e. The van der Waals surface area contributed by atoms with Crippen LogP contribution in [0.25, 0.3) is 0 Å². The van der Waals surface area contributed by atoms with E-state index in [1.165, 1.54) is 0 Å². The zero-order valence-electron chi connectivity index (χ0n) is 8.57. The number of ether oxygens (including phenoxy) is 1. The molecular weight excluding hydrogens is 247 g/mol. The lowest BCUT2D eigenvalue weighted by Gasteiger charge is -2.15. The molecule has 9 heteroatoms. The van der Waals surface area contributed by atoms with Gasteiger partial charge in [-0.2, -0.15) is 13.2 Å². The summed E-state index contributed by atoms with van der Waals surface area (Å²) in [6.07, 6.45) is -6.51. The molecule has 0 saturated heterocycles. The predicted molar refractivity (Wildman–Crippen MR) is 47.0 cm³/mol. The summed E-state index contributed by atoms with van der Waals surface area (Å²) in [5, 5.41) is 8.28. The van der Waals surface area contributed by atoms with Gasteiger partial charge < -0.3 is 9.84 Å². The SMILES string of the molecule is O=CN(CCCC(=O)O)C(=O)OCC(F)(F)F. The van der Waals surface area contributed by atoms with Gasteiger partial charge in [0.2, 0.25) is 6.41 Å². The molecule has 1 N–H and O–H groups in total.